The molecule has 3 aromatic carbocycles. The van der Waals surface area contributed by atoms with Crippen LogP contribution in [0.15, 0.2) is 59.8 Å². The SMILES string of the molecule is COc1ccc(OC)c(-n2c(CNC(=O)c3cc(OC)c(OC)c(OC)c3)nnc2SCC(=O)N2CCCc3ccccc32)c1. The summed E-state index contributed by atoms with van der Waals surface area (Å²) in [7, 11) is 7.59. The summed E-state index contributed by atoms with van der Waals surface area (Å²) >= 11 is 1.26. The van der Waals surface area contributed by atoms with Crippen molar-refractivity contribution in [3.8, 4) is 34.4 Å². The second kappa shape index (κ2) is 14.2. The zero-order chi connectivity index (χ0) is 31.9. The first kappa shape index (κ1) is 31.5. The Kier molecular flexibility index (Phi) is 9.98. The Hall–Kier alpha value is -4.91. The number of benzene rings is 3. The number of ether oxygens (including phenoxy) is 5. The molecule has 0 atom stereocenters. The molecule has 0 aliphatic carbocycles. The summed E-state index contributed by atoms with van der Waals surface area (Å²) in [5.74, 6) is 2.33. The van der Waals surface area contributed by atoms with Crippen LogP contribution < -0.4 is 33.9 Å². The summed E-state index contributed by atoms with van der Waals surface area (Å²) in [6.45, 7) is 0.669. The third-order valence-electron chi connectivity index (χ3n) is 7.40. The van der Waals surface area contributed by atoms with Crippen molar-refractivity contribution in [3.05, 3.63) is 71.5 Å². The van der Waals surface area contributed by atoms with E-state index in [1.807, 2.05) is 23.1 Å². The number of methoxy groups -OCH3 is 5. The minimum Gasteiger partial charge on any atom is -0.497 e. The van der Waals surface area contributed by atoms with E-state index in [2.05, 4.69) is 21.6 Å². The number of hydrogen-bond acceptors (Lipinski definition) is 10. The van der Waals surface area contributed by atoms with Crippen LogP contribution >= 0.6 is 11.8 Å². The first-order valence-corrected chi connectivity index (χ1v) is 15.2. The molecular weight excluding hydrogens is 598 g/mol. The Balaban J connectivity index is 1.43. The average molecular weight is 634 g/mol. The van der Waals surface area contributed by atoms with E-state index in [4.69, 9.17) is 23.7 Å². The normalized spacial score (nSPS) is 12.2. The lowest BCUT2D eigenvalue weighted by molar-refractivity contribution is -0.116. The van der Waals surface area contributed by atoms with Crippen LogP contribution in [0.2, 0.25) is 0 Å². The molecule has 1 N–H and O–H groups in total. The zero-order valence-electron chi connectivity index (χ0n) is 25.8. The van der Waals surface area contributed by atoms with Gasteiger partial charge in [-0.05, 0) is 48.7 Å². The van der Waals surface area contributed by atoms with Crippen molar-refractivity contribution < 1.29 is 33.3 Å². The average Bonchev–Trinajstić information content (AvgIpc) is 3.50. The molecule has 0 saturated carbocycles. The molecule has 12 nitrogen and oxygen atoms in total. The first-order valence-electron chi connectivity index (χ1n) is 14.2. The van der Waals surface area contributed by atoms with Gasteiger partial charge in [0, 0.05) is 23.9 Å². The maximum absolute atomic E-state index is 13.5. The largest absolute Gasteiger partial charge is 0.497 e. The molecule has 2 heterocycles. The molecule has 4 aromatic rings. The molecule has 1 aliphatic rings. The number of aromatic nitrogens is 3. The highest BCUT2D eigenvalue weighted by Gasteiger charge is 2.25. The summed E-state index contributed by atoms with van der Waals surface area (Å²) in [4.78, 5) is 28.6. The lowest BCUT2D eigenvalue weighted by Crippen LogP contribution is -2.36. The van der Waals surface area contributed by atoms with Crippen LogP contribution in [0, 0.1) is 0 Å². The predicted molar refractivity (Wildman–Crippen MR) is 170 cm³/mol. The highest BCUT2D eigenvalue weighted by atomic mass is 32.2. The number of para-hydroxylation sites is 1. The van der Waals surface area contributed by atoms with Gasteiger partial charge in [0.1, 0.15) is 11.5 Å². The zero-order valence-corrected chi connectivity index (χ0v) is 26.6. The summed E-state index contributed by atoms with van der Waals surface area (Å²) in [5, 5.41) is 12.2. The van der Waals surface area contributed by atoms with Crippen LogP contribution in [0.25, 0.3) is 5.69 Å². The topological polar surface area (TPSA) is 126 Å². The molecule has 0 unspecified atom stereocenters. The van der Waals surface area contributed by atoms with Crippen LogP contribution in [0.5, 0.6) is 28.7 Å². The van der Waals surface area contributed by atoms with E-state index in [-0.39, 0.29) is 18.2 Å². The molecule has 0 radical (unpaired) electrons. The molecule has 0 bridgehead atoms. The van der Waals surface area contributed by atoms with Crippen LogP contribution in [0.1, 0.15) is 28.2 Å². The van der Waals surface area contributed by atoms with Crippen molar-refractivity contribution in [2.75, 3.05) is 52.7 Å². The van der Waals surface area contributed by atoms with E-state index in [1.165, 1.54) is 33.1 Å². The molecule has 236 valence electrons. The van der Waals surface area contributed by atoms with Gasteiger partial charge in [-0.3, -0.25) is 14.2 Å². The summed E-state index contributed by atoms with van der Waals surface area (Å²) in [5.41, 5.74) is 3.01. The molecule has 0 saturated heterocycles. The number of hydrogen-bond donors (Lipinski definition) is 1. The molecule has 1 aromatic heterocycles. The van der Waals surface area contributed by atoms with E-state index in [0.717, 1.165) is 24.1 Å². The monoisotopic (exact) mass is 633 g/mol. The number of thioether (sulfide) groups is 1. The van der Waals surface area contributed by atoms with Crippen LogP contribution in [0.3, 0.4) is 0 Å². The van der Waals surface area contributed by atoms with Crippen molar-refractivity contribution in [2.45, 2.75) is 24.5 Å². The van der Waals surface area contributed by atoms with E-state index < -0.39 is 5.91 Å². The fraction of sp³-hybridized carbons (Fsp3) is 0.312. The molecule has 0 spiro atoms. The third kappa shape index (κ3) is 6.63. The Morgan fingerprint density at radius 1 is 0.844 bits per heavy atom. The maximum atomic E-state index is 13.5. The van der Waals surface area contributed by atoms with Gasteiger partial charge in [0.05, 0.1) is 53.5 Å². The van der Waals surface area contributed by atoms with Crippen LogP contribution in [0.4, 0.5) is 5.69 Å². The molecule has 45 heavy (non-hydrogen) atoms. The first-order chi connectivity index (χ1) is 21.9. The lowest BCUT2D eigenvalue weighted by Gasteiger charge is -2.29. The summed E-state index contributed by atoms with van der Waals surface area (Å²) in [6, 6.07) is 16.5. The smallest absolute Gasteiger partial charge is 0.251 e. The van der Waals surface area contributed by atoms with E-state index in [9.17, 15) is 9.59 Å². The van der Waals surface area contributed by atoms with E-state index in [1.54, 1.807) is 49.1 Å². The third-order valence-corrected chi connectivity index (χ3v) is 8.31. The molecule has 1 aliphatic heterocycles. The number of nitrogens with zero attached hydrogens (tertiary/aromatic N) is 4. The fourth-order valence-corrected chi connectivity index (χ4v) is 6.03. The van der Waals surface area contributed by atoms with Crippen molar-refractivity contribution in [1.82, 2.24) is 20.1 Å². The van der Waals surface area contributed by atoms with E-state index in [0.29, 0.717) is 57.5 Å². The van der Waals surface area contributed by atoms with Gasteiger partial charge in [-0.25, -0.2) is 0 Å². The van der Waals surface area contributed by atoms with Crippen molar-refractivity contribution >= 4 is 29.3 Å². The highest BCUT2D eigenvalue weighted by Crippen LogP contribution is 2.38. The molecule has 2 amide bonds. The minimum atomic E-state index is -0.394. The summed E-state index contributed by atoms with van der Waals surface area (Å²) in [6.07, 6.45) is 1.85. The maximum Gasteiger partial charge on any atom is 0.251 e. The van der Waals surface area contributed by atoms with Gasteiger partial charge < -0.3 is 33.9 Å². The van der Waals surface area contributed by atoms with Gasteiger partial charge in [0.25, 0.3) is 5.91 Å². The Bertz CT molecular complexity index is 1670. The molecule has 13 heteroatoms. The number of carbonyl (C=O) groups excluding carboxylic acids is 2. The Labute approximate surface area is 265 Å². The van der Waals surface area contributed by atoms with Crippen molar-refractivity contribution in [1.29, 1.82) is 0 Å². The molecule has 5 rings (SSSR count). The van der Waals surface area contributed by atoms with Crippen LogP contribution in [-0.2, 0) is 17.8 Å². The van der Waals surface area contributed by atoms with Crippen LogP contribution in [-0.4, -0.2) is 74.4 Å². The van der Waals surface area contributed by atoms with Gasteiger partial charge in [-0.1, -0.05) is 30.0 Å². The van der Waals surface area contributed by atoms with Gasteiger partial charge in [0.15, 0.2) is 22.5 Å². The number of amides is 2. The summed E-state index contributed by atoms with van der Waals surface area (Å²) < 4.78 is 29.1. The van der Waals surface area contributed by atoms with E-state index >= 15 is 0 Å². The highest BCUT2D eigenvalue weighted by molar-refractivity contribution is 7.99. The Morgan fingerprint density at radius 3 is 2.27 bits per heavy atom. The lowest BCUT2D eigenvalue weighted by atomic mass is 10.0. The molecular formula is C32H35N5O7S. The number of fused-ring (bicyclic) bond motifs is 1. The number of nitrogens with one attached hydrogen (secondary N) is 1. The standard InChI is InChI=1S/C32H35N5O7S/c1-40-22-12-13-25(41-2)24(17-22)37-28(18-33-31(39)21-15-26(42-3)30(44-5)27(16-21)43-4)34-35-32(37)45-19-29(38)36-14-8-10-20-9-6-7-11-23(20)36/h6-7,9,11-13,15-17H,8,10,14,18-19H2,1-5H3,(H,33,39). The Morgan fingerprint density at radius 2 is 1.58 bits per heavy atom. The number of carbonyl (C=O) groups is 2. The minimum absolute atomic E-state index is 0.0108. The fourth-order valence-electron chi connectivity index (χ4n) is 5.19. The van der Waals surface area contributed by atoms with Gasteiger partial charge in [0.2, 0.25) is 11.7 Å². The van der Waals surface area contributed by atoms with Gasteiger partial charge >= 0.3 is 0 Å². The molecule has 0 fully saturated rings. The van der Waals surface area contributed by atoms with Gasteiger partial charge in [-0.2, -0.15) is 0 Å². The predicted octanol–water partition coefficient (Wildman–Crippen LogP) is 4.31. The van der Waals surface area contributed by atoms with Gasteiger partial charge in [-0.15, -0.1) is 10.2 Å². The second-order valence-corrected chi connectivity index (χ2v) is 10.9. The number of rotatable bonds is 12. The quantitative estimate of drug-likeness (QED) is 0.226. The van der Waals surface area contributed by atoms with Crippen molar-refractivity contribution in [2.24, 2.45) is 0 Å². The number of anilines is 1. The second-order valence-electron chi connectivity index (χ2n) is 9.94. The number of aryl methyl sites for hydroxylation is 1. The van der Waals surface area contributed by atoms with Crippen molar-refractivity contribution in [3.63, 3.8) is 0 Å².